The van der Waals surface area contributed by atoms with Crippen molar-refractivity contribution < 1.29 is 80.2 Å². The average Bonchev–Trinajstić information content (AvgIpc) is 3.33. The van der Waals surface area contributed by atoms with Crippen molar-refractivity contribution in [2.24, 2.45) is 11.8 Å². The molecule has 0 aliphatic heterocycles. The molecule has 0 spiro atoms. The Kier molecular flexibility index (Phi) is 62.7. The van der Waals surface area contributed by atoms with E-state index >= 15 is 0 Å². The number of phosphoric ester groups is 2. The fourth-order valence-electron chi connectivity index (χ4n) is 10.9. The Labute approximate surface area is 556 Å². The molecule has 0 saturated carbocycles. The first kappa shape index (κ1) is 89.1. The molecule has 0 aliphatic carbocycles. The van der Waals surface area contributed by atoms with E-state index in [9.17, 15) is 43.2 Å². The Morgan fingerprint density at radius 2 is 0.505 bits per heavy atom. The van der Waals surface area contributed by atoms with Gasteiger partial charge in [-0.05, 0) is 37.5 Å². The van der Waals surface area contributed by atoms with Gasteiger partial charge in [0.2, 0.25) is 0 Å². The number of ether oxygens (including phenoxy) is 4. The van der Waals surface area contributed by atoms with Crippen LogP contribution in [0.4, 0.5) is 0 Å². The van der Waals surface area contributed by atoms with Crippen molar-refractivity contribution in [3.8, 4) is 0 Å². The summed E-state index contributed by atoms with van der Waals surface area (Å²) >= 11 is 0. The van der Waals surface area contributed by atoms with Gasteiger partial charge in [0, 0.05) is 25.7 Å². The van der Waals surface area contributed by atoms with E-state index in [1.54, 1.807) is 0 Å². The molecular formula is C72H140O17P2. The molecule has 0 fully saturated rings. The van der Waals surface area contributed by atoms with Crippen LogP contribution in [-0.2, 0) is 65.4 Å². The Morgan fingerprint density at radius 3 is 0.747 bits per heavy atom. The number of unbranched alkanes of at least 4 members (excludes halogenated alkanes) is 41. The highest BCUT2D eigenvalue weighted by molar-refractivity contribution is 7.47. The van der Waals surface area contributed by atoms with Crippen LogP contribution in [0.25, 0.3) is 0 Å². The quantitative estimate of drug-likeness (QED) is 0.0222. The fraction of sp³-hybridized carbons (Fsp3) is 0.944. The molecule has 0 amide bonds. The summed E-state index contributed by atoms with van der Waals surface area (Å²) < 4.78 is 68.3. The molecule has 0 saturated heterocycles. The van der Waals surface area contributed by atoms with Crippen LogP contribution in [0, 0.1) is 11.8 Å². The molecule has 91 heavy (non-hydrogen) atoms. The van der Waals surface area contributed by atoms with Gasteiger partial charge in [0.1, 0.15) is 19.3 Å². The van der Waals surface area contributed by atoms with Crippen LogP contribution in [0.3, 0.4) is 0 Å². The second-order valence-corrected chi connectivity index (χ2v) is 29.8. The number of carbonyl (C=O) groups is 4. The Balaban J connectivity index is 5.20. The number of phosphoric acid groups is 2. The van der Waals surface area contributed by atoms with Crippen molar-refractivity contribution in [3.05, 3.63) is 0 Å². The summed E-state index contributed by atoms with van der Waals surface area (Å²) in [6.45, 7) is 9.53. The Bertz CT molecular complexity index is 1770. The number of esters is 4. The van der Waals surface area contributed by atoms with E-state index in [-0.39, 0.29) is 25.7 Å². The normalized spacial score (nSPS) is 14.1. The third kappa shape index (κ3) is 66.5. The molecule has 0 aromatic heterocycles. The van der Waals surface area contributed by atoms with Crippen molar-refractivity contribution in [1.29, 1.82) is 0 Å². The highest BCUT2D eigenvalue weighted by atomic mass is 31.2. The van der Waals surface area contributed by atoms with Crippen LogP contribution in [0.1, 0.15) is 369 Å². The highest BCUT2D eigenvalue weighted by Gasteiger charge is 2.30. The standard InChI is InChI=1S/C72H140O17P2/c1-7-9-11-13-15-16-17-18-19-23-26-31-37-43-49-55-70(75)83-61-68(89-71(76)56-50-44-38-32-27-24-21-20-22-25-29-35-40-46-52-64(3)4)63-87-91(80,81)85-59-66(73)58-84-90(78,79)86-62-67(60-82-69(74)54-48-42-34-14-12-10-8-2)88-72(77)57-51-45-39-33-28-30-36-41-47-53-65(5)6/h64-68,73H,7-63H2,1-6H3,(H,78,79)(H,80,81)/t66-,67+,68+/m0/s1. The second-order valence-electron chi connectivity index (χ2n) is 26.9. The monoisotopic (exact) mass is 1340 g/mol. The zero-order chi connectivity index (χ0) is 67.2. The lowest BCUT2D eigenvalue weighted by molar-refractivity contribution is -0.161. The highest BCUT2D eigenvalue weighted by Crippen LogP contribution is 2.45. The summed E-state index contributed by atoms with van der Waals surface area (Å²) in [6.07, 6.45) is 50.1. The largest absolute Gasteiger partial charge is 0.472 e. The summed E-state index contributed by atoms with van der Waals surface area (Å²) in [5, 5.41) is 10.6. The van der Waals surface area contributed by atoms with Crippen molar-refractivity contribution >= 4 is 39.5 Å². The molecule has 2 unspecified atom stereocenters. The summed E-state index contributed by atoms with van der Waals surface area (Å²) in [5.41, 5.74) is 0. The lowest BCUT2D eigenvalue weighted by Gasteiger charge is -2.21. The molecule has 0 heterocycles. The third-order valence-electron chi connectivity index (χ3n) is 16.7. The van der Waals surface area contributed by atoms with Crippen LogP contribution >= 0.6 is 15.6 Å². The van der Waals surface area contributed by atoms with Gasteiger partial charge in [-0.2, -0.15) is 0 Å². The van der Waals surface area contributed by atoms with E-state index in [1.165, 1.54) is 173 Å². The summed E-state index contributed by atoms with van der Waals surface area (Å²) in [4.78, 5) is 72.5. The van der Waals surface area contributed by atoms with Gasteiger partial charge in [-0.25, -0.2) is 9.13 Å². The van der Waals surface area contributed by atoms with E-state index in [2.05, 4.69) is 41.5 Å². The van der Waals surface area contributed by atoms with Gasteiger partial charge in [0.05, 0.1) is 26.4 Å². The van der Waals surface area contributed by atoms with Gasteiger partial charge in [-0.3, -0.25) is 37.3 Å². The van der Waals surface area contributed by atoms with Crippen molar-refractivity contribution in [2.45, 2.75) is 387 Å². The molecule has 0 aromatic carbocycles. The average molecular weight is 1340 g/mol. The van der Waals surface area contributed by atoms with Gasteiger partial charge in [0.15, 0.2) is 12.2 Å². The molecule has 0 aromatic rings. The number of aliphatic hydroxyl groups excluding tert-OH is 1. The van der Waals surface area contributed by atoms with Gasteiger partial charge < -0.3 is 33.8 Å². The Hall–Kier alpha value is -1.94. The van der Waals surface area contributed by atoms with E-state index in [0.29, 0.717) is 25.7 Å². The number of hydrogen-bond donors (Lipinski definition) is 3. The predicted octanol–water partition coefficient (Wildman–Crippen LogP) is 20.8. The minimum Gasteiger partial charge on any atom is -0.462 e. The first-order valence-corrected chi connectivity index (χ1v) is 40.5. The van der Waals surface area contributed by atoms with Crippen molar-refractivity contribution in [3.63, 3.8) is 0 Å². The molecule has 0 bridgehead atoms. The van der Waals surface area contributed by atoms with Crippen LogP contribution < -0.4 is 0 Å². The van der Waals surface area contributed by atoms with Crippen LogP contribution in [-0.4, -0.2) is 96.7 Å². The van der Waals surface area contributed by atoms with E-state index < -0.39 is 97.5 Å². The van der Waals surface area contributed by atoms with Gasteiger partial charge in [0.25, 0.3) is 0 Å². The Morgan fingerprint density at radius 1 is 0.297 bits per heavy atom. The minimum atomic E-state index is -4.95. The molecule has 0 rings (SSSR count). The second kappa shape index (κ2) is 64.1. The van der Waals surface area contributed by atoms with E-state index in [1.807, 2.05) is 0 Å². The molecule has 3 N–H and O–H groups in total. The van der Waals surface area contributed by atoms with Gasteiger partial charge in [-0.1, -0.05) is 318 Å². The van der Waals surface area contributed by atoms with Crippen molar-refractivity contribution in [2.75, 3.05) is 39.6 Å². The summed E-state index contributed by atoms with van der Waals surface area (Å²) in [6, 6.07) is 0. The first-order valence-electron chi connectivity index (χ1n) is 37.5. The van der Waals surface area contributed by atoms with Crippen LogP contribution in [0.2, 0.25) is 0 Å². The predicted molar refractivity (Wildman–Crippen MR) is 368 cm³/mol. The zero-order valence-electron chi connectivity index (χ0n) is 59.1. The molecule has 0 radical (unpaired) electrons. The number of aliphatic hydroxyl groups is 1. The number of carbonyl (C=O) groups excluding carboxylic acids is 4. The SMILES string of the molecule is CCCCCCCCCCCCCCCCCC(=O)OC[C@H](COP(=O)(O)OC[C@@H](O)COP(=O)(O)OC[C@@H](COC(=O)CCCCCCCCC)OC(=O)CCCCCCCCCCCC(C)C)OC(=O)CCCCCCCCCCCCCCCCC(C)C. The zero-order valence-corrected chi connectivity index (χ0v) is 60.9. The van der Waals surface area contributed by atoms with Crippen molar-refractivity contribution in [1.82, 2.24) is 0 Å². The summed E-state index contributed by atoms with van der Waals surface area (Å²) in [5.74, 6) is -0.593. The smallest absolute Gasteiger partial charge is 0.462 e. The fourth-order valence-corrected chi connectivity index (χ4v) is 12.5. The molecule has 17 nitrogen and oxygen atoms in total. The molecule has 0 aliphatic rings. The van der Waals surface area contributed by atoms with E-state index in [0.717, 1.165) is 115 Å². The lowest BCUT2D eigenvalue weighted by atomic mass is 10.0. The maximum absolute atomic E-state index is 13.0. The molecule has 540 valence electrons. The maximum Gasteiger partial charge on any atom is 0.472 e. The maximum atomic E-state index is 13.0. The molecule has 5 atom stereocenters. The van der Waals surface area contributed by atoms with Gasteiger partial charge >= 0.3 is 39.5 Å². The van der Waals surface area contributed by atoms with Gasteiger partial charge in [-0.15, -0.1) is 0 Å². The van der Waals surface area contributed by atoms with Crippen LogP contribution in [0.15, 0.2) is 0 Å². The van der Waals surface area contributed by atoms with Crippen LogP contribution in [0.5, 0.6) is 0 Å². The molecule has 19 heteroatoms. The number of rotatable bonds is 71. The topological polar surface area (TPSA) is 237 Å². The molecular weight excluding hydrogens is 1200 g/mol. The lowest BCUT2D eigenvalue weighted by Crippen LogP contribution is -2.30. The minimum absolute atomic E-state index is 0.105. The summed E-state index contributed by atoms with van der Waals surface area (Å²) in [7, 11) is -9.90. The number of hydrogen-bond acceptors (Lipinski definition) is 15. The van der Waals surface area contributed by atoms with E-state index in [4.69, 9.17) is 37.0 Å². The third-order valence-corrected chi connectivity index (χ3v) is 18.6. The first-order chi connectivity index (χ1) is 43.9.